The van der Waals surface area contributed by atoms with Crippen LogP contribution in [-0.2, 0) is 14.6 Å². The lowest BCUT2D eigenvalue weighted by Gasteiger charge is -2.19. The average Bonchev–Trinajstić information content (AvgIpc) is 3.12. The van der Waals surface area contributed by atoms with Crippen LogP contribution < -0.4 is 5.32 Å². The average molecular weight is 395 g/mol. The van der Waals surface area contributed by atoms with Crippen molar-refractivity contribution < 1.29 is 18.1 Å². The molecule has 8 nitrogen and oxygen atoms in total. The molecule has 138 valence electrons. The van der Waals surface area contributed by atoms with E-state index in [1.165, 1.54) is 18.3 Å². The highest BCUT2D eigenvalue weighted by molar-refractivity contribution is 7.93. The molecule has 1 aliphatic rings. The monoisotopic (exact) mass is 395 g/mol. The van der Waals surface area contributed by atoms with E-state index in [0.717, 1.165) is 55.6 Å². The van der Waals surface area contributed by atoms with Crippen molar-refractivity contribution in [3.8, 4) is 0 Å². The van der Waals surface area contributed by atoms with E-state index in [-0.39, 0.29) is 31.7 Å². The minimum atomic E-state index is -3.84. The van der Waals surface area contributed by atoms with Crippen molar-refractivity contribution in [3.05, 3.63) is 40.6 Å². The molecule has 1 amide bonds. The fourth-order valence-electron chi connectivity index (χ4n) is 2.88. The van der Waals surface area contributed by atoms with E-state index in [0.29, 0.717) is 0 Å². The summed E-state index contributed by atoms with van der Waals surface area (Å²) in [5.41, 5.74) is -0.186. The summed E-state index contributed by atoms with van der Waals surface area (Å²) < 4.78 is 25.2. The van der Waals surface area contributed by atoms with Crippen LogP contribution in [0.1, 0.15) is 32.1 Å². The van der Waals surface area contributed by atoms with Crippen molar-refractivity contribution in [1.29, 1.82) is 0 Å². The largest absolute Gasteiger partial charge is 0.302 e. The number of carbonyl (C=O) groups excluding carboxylic acids is 1. The van der Waals surface area contributed by atoms with Gasteiger partial charge in [-0.1, -0.05) is 30.6 Å². The minimum absolute atomic E-state index is 0.0229. The normalized spacial score (nSPS) is 15.5. The molecule has 1 fully saturated rings. The molecular weight excluding hydrogens is 378 g/mol. The van der Waals surface area contributed by atoms with Crippen LogP contribution in [0.25, 0.3) is 0 Å². The van der Waals surface area contributed by atoms with E-state index in [1.807, 2.05) is 0 Å². The number of aromatic nitrogens is 1. The topological polar surface area (TPSA) is 119 Å². The first-order chi connectivity index (χ1) is 12.4. The molecule has 1 aliphatic carbocycles. The molecule has 1 aromatic carbocycles. The van der Waals surface area contributed by atoms with Crippen LogP contribution >= 0.6 is 11.3 Å². The summed E-state index contributed by atoms with van der Waals surface area (Å²) in [6.07, 6.45) is 6.05. The first kappa shape index (κ1) is 18.5. The van der Waals surface area contributed by atoms with Gasteiger partial charge >= 0.3 is 0 Å². The number of nitro benzene ring substituents is 1. The zero-order chi connectivity index (χ0) is 18.7. The van der Waals surface area contributed by atoms with Gasteiger partial charge in [0.15, 0.2) is 5.13 Å². The van der Waals surface area contributed by atoms with Gasteiger partial charge in [-0.15, -0.1) is 0 Å². The number of hydrogen-bond acceptors (Lipinski definition) is 7. The van der Waals surface area contributed by atoms with Crippen molar-refractivity contribution in [2.24, 2.45) is 5.92 Å². The number of nitrogens with zero attached hydrogens (tertiary/aromatic N) is 2. The molecule has 0 aliphatic heterocycles. The van der Waals surface area contributed by atoms with Crippen LogP contribution in [0.2, 0.25) is 0 Å². The highest BCUT2D eigenvalue weighted by atomic mass is 32.2. The molecule has 1 N–H and O–H groups in total. The first-order valence-corrected chi connectivity index (χ1v) is 10.4. The standard InChI is InChI=1S/C16H17N3O5S2/c20-15(11-4-2-1-3-5-11)18-16-17-10-14(25-16)26(23,24)13-8-6-12(7-9-13)19(21)22/h6-11H,1-5H2,(H,17,18,20). The molecule has 1 saturated carbocycles. The first-order valence-electron chi connectivity index (χ1n) is 8.14. The van der Waals surface area contributed by atoms with Crippen LogP contribution in [0.4, 0.5) is 10.8 Å². The van der Waals surface area contributed by atoms with Crippen LogP contribution in [0.3, 0.4) is 0 Å². The summed E-state index contributed by atoms with van der Waals surface area (Å²) in [6.45, 7) is 0. The molecule has 1 aromatic heterocycles. The van der Waals surface area contributed by atoms with E-state index >= 15 is 0 Å². The van der Waals surface area contributed by atoms with Gasteiger partial charge in [-0.3, -0.25) is 14.9 Å². The van der Waals surface area contributed by atoms with Crippen molar-refractivity contribution in [1.82, 2.24) is 4.98 Å². The highest BCUT2D eigenvalue weighted by Gasteiger charge is 2.25. The molecule has 0 spiro atoms. The van der Waals surface area contributed by atoms with E-state index in [2.05, 4.69) is 10.3 Å². The van der Waals surface area contributed by atoms with Gasteiger partial charge in [-0.2, -0.15) is 0 Å². The molecule has 3 rings (SSSR count). The fourth-order valence-corrected chi connectivity index (χ4v) is 5.31. The number of anilines is 1. The predicted octanol–water partition coefficient (Wildman–Crippen LogP) is 3.40. The Hall–Kier alpha value is -2.33. The van der Waals surface area contributed by atoms with Gasteiger partial charge < -0.3 is 5.32 Å². The molecule has 0 unspecified atom stereocenters. The van der Waals surface area contributed by atoms with E-state index in [4.69, 9.17) is 0 Å². The summed E-state index contributed by atoms with van der Waals surface area (Å²) in [7, 11) is -3.84. The summed E-state index contributed by atoms with van der Waals surface area (Å²) in [4.78, 5) is 26.3. The summed E-state index contributed by atoms with van der Waals surface area (Å²) in [6, 6.07) is 4.65. The number of rotatable bonds is 5. The number of sulfone groups is 1. The number of benzene rings is 1. The Morgan fingerprint density at radius 2 is 1.85 bits per heavy atom. The number of amides is 1. The van der Waals surface area contributed by atoms with Crippen LogP contribution in [0, 0.1) is 16.0 Å². The summed E-state index contributed by atoms with van der Waals surface area (Å²) in [5, 5.41) is 13.6. The molecule has 26 heavy (non-hydrogen) atoms. The Labute approximate surface area is 154 Å². The van der Waals surface area contributed by atoms with Gasteiger partial charge in [0.1, 0.15) is 4.21 Å². The summed E-state index contributed by atoms with van der Waals surface area (Å²) >= 11 is 0.873. The smallest absolute Gasteiger partial charge is 0.269 e. The Morgan fingerprint density at radius 1 is 1.19 bits per heavy atom. The van der Waals surface area contributed by atoms with Gasteiger partial charge in [-0.05, 0) is 25.0 Å². The molecule has 10 heteroatoms. The van der Waals surface area contributed by atoms with Crippen molar-refractivity contribution in [2.75, 3.05) is 5.32 Å². The number of nitro groups is 1. The van der Waals surface area contributed by atoms with Crippen LogP contribution in [0.15, 0.2) is 39.6 Å². The molecule has 2 aromatic rings. The molecule has 0 saturated heterocycles. The number of carbonyl (C=O) groups is 1. The Balaban J connectivity index is 1.75. The second-order valence-electron chi connectivity index (χ2n) is 6.06. The van der Waals surface area contributed by atoms with E-state index in [1.54, 1.807) is 0 Å². The molecular formula is C16H17N3O5S2. The van der Waals surface area contributed by atoms with Crippen LogP contribution in [-0.4, -0.2) is 24.2 Å². The number of nitrogens with one attached hydrogen (secondary N) is 1. The fraction of sp³-hybridized carbons (Fsp3) is 0.375. The molecule has 0 atom stereocenters. The number of hydrogen-bond donors (Lipinski definition) is 1. The molecule has 1 heterocycles. The van der Waals surface area contributed by atoms with Crippen molar-refractivity contribution >= 4 is 37.9 Å². The van der Waals surface area contributed by atoms with Gasteiger partial charge in [0.05, 0.1) is 16.0 Å². The maximum absolute atomic E-state index is 12.6. The second kappa shape index (κ2) is 7.50. The van der Waals surface area contributed by atoms with Gasteiger partial charge in [0, 0.05) is 18.1 Å². The second-order valence-corrected chi connectivity index (χ2v) is 9.27. The van der Waals surface area contributed by atoms with Gasteiger partial charge in [0.25, 0.3) is 5.69 Å². The lowest BCUT2D eigenvalue weighted by atomic mass is 9.89. The third kappa shape index (κ3) is 3.91. The highest BCUT2D eigenvalue weighted by Crippen LogP contribution is 2.31. The Morgan fingerprint density at radius 3 is 2.46 bits per heavy atom. The predicted molar refractivity (Wildman–Crippen MR) is 95.9 cm³/mol. The van der Waals surface area contributed by atoms with Crippen molar-refractivity contribution in [2.45, 2.75) is 41.2 Å². The SMILES string of the molecule is O=C(Nc1ncc(S(=O)(=O)c2ccc([N+](=O)[O-])cc2)s1)C1CCCCC1. The Bertz CT molecular complexity index is 916. The number of non-ortho nitro benzene ring substituents is 1. The third-order valence-corrected chi connectivity index (χ3v) is 7.46. The lowest BCUT2D eigenvalue weighted by Crippen LogP contribution is -2.24. The maximum Gasteiger partial charge on any atom is 0.269 e. The van der Waals surface area contributed by atoms with E-state index < -0.39 is 14.8 Å². The summed E-state index contributed by atoms with van der Waals surface area (Å²) in [5.74, 6) is -0.180. The maximum atomic E-state index is 12.6. The zero-order valence-corrected chi connectivity index (χ0v) is 15.4. The Kier molecular flexibility index (Phi) is 5.33. The van der Waals surface area contributed by atoms with E-state index in [9.17, 15) is 23.3 Å². The molecule has 0 bridgehead atoms. The van der Waals surface area contributed by atoms with Gasteiger partial charge in [-0.25, -0.2) is 13.4 Å². The lowest BCUT2D eigenvalue weighted by molar-refractivity contribution is -0.384. The zero-order valence-electron chi connectivity index (χ0n) is 13.8. The third-order valence-electron chi connectivity index (χ3n) is 4.31. The molecule has 0 radical (unpaired) electrons. The quantitative estimate of drug-likeness (QED) is 0.612. The van der Waals surface area contributed by atoms with Crippen LogP contribution in [0.5, 0.6) is 0 Å². The van der Waals surface area contributed by atoms with Crippen molar-refractivity contribution in [3.63, 3.8) is 0 Å². The minimum Gasteiger partial charge on any atom is -0.302 e. The number of thiazole rings is 1. The van der Waals surface area contributed by atoms with Gasteiger partial charge in [0.2, 0.25) is 15.7 Å².